The lowest BCUT2D eigenvalue weighted by molar-refractivity contribution is -0.182. The molecule has 0 aromatic heterocycles. The molecule has 2 N–H and O–H groups in total. The van der Waals surface area contributed by atoms with Crippen molar-refractivity contribution in [3.05, 3.63) is 24.7 Å². The number of hydrogen-bond donors (Lipinski definition) is 2. The first-order valence-corrected chi connectivity index (χ1v) is 10.4. The fourth-order valence-electron chi connectivity index (χ4n) is 3.07. The maximum atomic E-state index is 11.3. The number of fused-ring (bicyclic) bond motifs is 2. The van der Waals surface area contributed by atoms with Gasteiger partial charge in [-0.15, -0.1) is 13.2 Å². The molecule has 22 heavy (non-hydrogen) atoms. The van der Waals surface area contributed by atoms with E-state index in [0.29, 0.717) is 12.4 Å². The Bertz CT molecular complexity index is 584. The number of ether oxygens (including phenoxy) is 2. The number of hydrogen-bond acceptors (Lipinski definition) is 5. The summed E-state index contributed by atoms with van der Waals surface area (Å²) in [4.78, 5) is 13.0. The Morgan fingerprint density at radius 2 is 2.32 bits per heavy atom. The lowest BCUT2D eigenvalue weighted by atomic mass is 9.96. The van der Waals surface area contributed by atoms with Gasteiger partial charge in [-0.1, -0.05) is 6.58 Å². The summed E-state index contributed by atoms with van der Waals surface area (Å²) in [7, 11) is 0. The van der Waals surface area contributed by atoms with Crippen LogP contribution >= 0.6 is 6.89 Å². The van der Waals surface area contributed by atoms with E-state index in [4.69, 9.17) is 9.47 Å². The third kappa shape index (κ3) is 2.65. The van der Waals surface area contributed by atoms with Crippen molar-refractivity contribution in [3.63, 3.8) is 0 Å². The molecule has 0 aromatic carbocycles. The summed E-state index contributed by atoms with van der Waals surface area (Å²) in [6.07, 6.45) is 7.31. The standard InChI is InChI=1S/C15H23N2O4P/c1-10-16-11(18)5-7-17(10)14-12-13(19)15(21-14,9-20-12)6-8-22(2,3)4/h5,7,12-14,19H,1-2,6,8-9H2,3-4H3,(H,16,18)/t12-,13+,14?,15+/m1/s1. The van der Waals surface area contributed by atoms with Gasteiger partial charge in [-0.2, -0.15) is 0 Å². The van der Waals surface area contributed by atoms with E-state index in [0.717, 1.165) is 12.6 Å². The molecule has 1 unspecified atom stereocenters. The van der Waals surface area contributed by atoms with Crippen LogP contribution in [0.25, 0.3) is 0 Å². The highest BCUT2D eigenvalue weighted by Crippen LogP contribution is 2.47. The molecular weight excluding hydrogens is 303 g/mol. The van der Waals surface area contributed by atoms with Crippen LogP contribution in [0.15, 0.2) is 24.7 Å². The topological polar surface area (TPSA) is 71.0 Å². The van der Waals surface area contributed by atoms with Crippen molar-refractivity contribution in [1.82, 2.24) is 10.2 Å². The van der Waals surface area contributed by atoms with Crippen molar-refractivity contribution in [2.24, 2.45) is 0 Å². The van der Waals surface area contributed by atoms with E-state index in [9.17, 15) is 9.90 Å². The normalized spacial score (nSPS) is 37.8. The van der Waals surface area contributed by atoms with Gasteiger partial charge >= 0.3 is 0 Å². The van der Waals surface area contributed by atoms with Crippen LogP contribution in [0.3, 0.4) is 0 Å². The number of amides is 1. The first kappa shape index (κ1) is 15.8. The minimum atomic E-state index is -1.20. The third-order valence-electron chi connectivity index (χ3n) is 4.39. The Morgan fingerprint density at radius 1 is 1.59 bits per heavy atom. The van der Waals surface area contributed by atoms with E-state index >= 15 is 0 Å². The Labute approximate surface area is 130 Å². The Hall–Kier alpha value is -1.07. The molecule has 1 amide bonds. The van der Waals surface area contributed by atoms with Gasteiger partial charge < -0.3 is 24.8 Å². The molecule has 3 heterocycles. The van der Waals surface area contributed by atoms with E-state index < -0.39 is 30.9 Å². The molecular formula is C15H23N2O4P. The molecule has 0 saturated carbocycles. The average molecular weight is 326 g/mol. The summed E-state index contributed by atoms with van der Waals surface area (Å²) in [5.74, 6) is 0.213. The molecule has 2 bridgehead atoms. The number of nitrogens with zero attached hydrogens (tertiary/aromatic N) is 1. The molecule has 122 valence electrons. The van der Waals surface area contributed by atoms with Crippen LogP contribution in [0.4, 0.5) is 0 Å². The van der Waals surface area contributed by atoms with Gasteiger partial charge in [-0.25, -0.2) is 0 Å². The van der Waals surface area contributed by atoms with Crippen molar-refractivity contribution in [2.75, 3.05) is 26.1 Å². The molecule has 3 aliphatic rings. The minimum Gasteiger partial charge on any atom is -0.387 e. The second-order valence-electron chi connectivity index (χ2n) is 6.86. The van der Waals surface area contributed by atoms with Crippen LogP contribution in [0, 0.1) is 0 Å². The summed E-state index contributed by atoms with van der Waals surface area (Å²) in [6, 6.07) is 0. The van der Waals surface area contributed by atoms with Crippen LogP contribution in [0.5, 0.6) is 0 Å². The summed E-state index contributed by atoms with van der Waals surface area (Å²) in [5, 5.41) is 13.2. The van der Waals surface area contributed by atoms with Crippen LogP contribution in [-0.4, -0.2) is 72.3 Å². The van der Waals surface area contributed by atoms with Gasteiger partial charge in [0.15, 0.2) is 6.23 Å². The Balaban J connectivity index is 1.78. The van der Waals surface area contributed by atoms with Gasteiger partial charge in [0, 0.05) is 12.3 Å². The van der Waals surface area contributed by atoms with Crippen molar-refractivity contribution in [1.29, 1.82) is 0 Å². The van der Waals surface area contributed by atoms with E-state index in [2.05, 4.69) is 31.5 Å². The fourth-order valence-corrected chi connectivity index (χ4v) is 4.06. The van der Waals surface area contributed by atoms with Crippen molar-refractivity contribution < 1.29 is 19.4 Å². The number of aliphatic hydroxyl groups is 1. The van der Waals surface area contributed by atoms with E-state index in [1.54, 1.807) is 11.1 Å². The zero-order chi connectivity index (χ0) is 16.1. The molecule has 0 radical (unpaired) electrons. The highest BCUT2D eigenvalue weighted by Gasteiger charge is 2.62. The highest BCUT2D eigenvalue weighted by molar-refractivity contribution is 7.72. The number of carbonyl (C=O) groups excluding carboxylic acids is 1. The first-order chi connectivity index (χ1) is 10.2. The molecule has 0 aromatic rings. The first-order valence-electron chi connectivity index (χ1n) is 7.33. The largest absolute Gasteiger partial charge is 0.387 e. The number of nitrogens with one attached hydrogen (secondary N) is 1. The van der Waals surface area contributed by atoms with E-state index in [-0.39, 0.29) is 5.91 Å². The number of rotatable bonds is 4. The highest BCUT2D eigenvalue weighted by atomic mass is 31.2. The van der Waals surface area contributed by atoms with E-state index in [1.165, 1.54) is 6.08 Å². The maximum Gasteiger partial charge on any atom is 0.250 e. The zero-order valence-electron chi connectivity index (χ0n) is 13.0. The van der Waals surface area contributed by atoms with Crippen LogP contribution < -0.4 is 5.32 Å². The monoisotopic (exact) mass is 326 g/mol. The molecule has 3 aliphatic heterocycles. The van der Waals surface area contributed by atoms with Crippen LogP contribution in [0.1, 0.15) is 6.42 Å². The second-order valence-corrected chi connectivity index (χ2v) is 11.2. The van der Waals surface area contributed by atoms with Crippen molar-refractivity contribution >= 4 is 19.1 Å². The predicted octanol–water partition coefficient (Wildman–Crippen LogP) is 0.357. The molecule has 2 saturated heterocycles. The third-order valence-corrected chi connectivity index (χ3v) is 5.82. The summed E-state index contributed by atoms with van der Waals surface area (Å²) < 4.78 is 11.9. The van der Waals surface area contributed by atoms with Gasteiger partial charge in [0.2, 0.25) is 0 Å². The SMILES string of the molecule is C=C1NC(=O)C=CN1C1O[C@@]2(CCP(=C)(C)C)CO[C@@H]1[C@@H]2O. The molecule has 2 fully saturated rings. The molecule has 0 aliphatic carbocycles. The van der Waals surface area contributed by atoms with E-state index in [1.807, 2.05) is 0 Å². The van der Waals surface area contributed by atoms with Crippen LogP contribution in [-0.2, 0) is 14.3 Å². The average Bonchev–Trinajstić information content (AvgIpc) is 2.87. The lowest BCUT2D eigenvalue weighted by Crippen LogP contribution is -2.49. The predicted molar refractivity (Wildman–Crippen MR) is 87.0 cm³/mol. The van der Waals surface area contributed by atoms with Crippen molar-refractivity contribution in [2.45, 2.75) is 30.5 Å². The van der Waals surface area contributed by atoms with Gasteiger partial charge in [-0.3, -0.25) is 4.79 Å². The van der Waals surface area contributed by atoms with Gasteiger partial charge in [0.25, 0.3) is 5.91 Å². The van der Waals surface area contributed by atoms with Crippen LogP contribution in [0.2, 0.25) is 0 Å². The molecule has 6 nitrogen and oxygen atoms in total. The fraction of sp³-hybridized carbons (Fsp3) is 0.600. The number of carbonyl (C=O) groups is 1. The molecule has 0 spiro atoms. The van der Waals surface area contributed by atoms with Crippen molar-refractivity contribution in [3.8, 4) is 0 Å². The molecule has 4 atom stereocenters. The quantitative estimate of drug-likeness (QED) is 0.730. The Kier molecular flexibility index (Phi) is 3.76. The number of aliphatic hydroxyl groups excluding tert-OH is 1. The van der Waals surface area contributed by atoms with Gasteiger partial charge in [0.05, 0.1) is 6.61 Å². The maximum absolute atomic E-state index is 11.3. The second kappa shape index (κ2) is 5.24. The summed E-state index contributed by atoms with van der Waals surface area (Å²) in [5.41, 5.74) is -0.681. The zero-order valence-corrected chi connectivity index (χ0v) is 13.9. The Morgan fingerprint density at radius 3 is 2.95 bits per heavy atom. The lowest BCUT2D eigenvalue weighted by Gasteiger charge is -2.38. The van der Waals surface area contributed by atoms with Gasteiger partial charge in [0.1, 0.15) is 23.6 Å². The summed E-state index contributed by atoms with van der Waals surface area (Å²) >= 11 is 0. The smallest absolute Gasteiger partial charge is 0.250 e. The molecule has 7 heteroatoms. The van der Waals surface area contributed by atoms with Gasteiger partial charge in [-0.05, 0) is 25.9 Å². The summed E-state index contributed by atoms with van der Waals surface area (Å²) in [6.45, 7) is 7.35. The molecule has 3 rings (SSSR count). The minimum absolute atomic E-state index is 0.218.